The van der Waals surface area contributed by atoms with Gasteiger partial charge in [0.05, 0.1) is 12.0 Å². The molecule has 1 saturated carbocycles. The van der Waals surface area contributed by atoms with Gasteiger partial charge in [0, 0.05) is 6.54 Å². The molecule has 0 aliphatic heterocycles. The van der Waals surface area contributed by atoms with E-state index in [4.69, 9.17) is 10.5 Å². The van der Waals surface area contributed by atoms with Crippen molar-refractivity contribution in [2.45, 2.75) is 65.2 Å². The molecule has 1 aliphatic rings. The lowest BCUT2D eigenvalue weighted by Crippen LogP contribution is -2.40. The van der Waals surface area contributed by atoms with Gasteiger partial charge in [-0.2, -0.15) is 0 Å². The highest BCUT2D eigenvalue weighted by Gasteiger charge is 2.37. The van der Waals surface area contributed by atoms with Crippen LogP contribution in [0.1, 0.15) is 65.2 Å². The Morgan fingerprint density at radius 1 is 1.28 bits per heavy atom. The van der Waals surface area contributed by atoms with Gasteiger partial charge in [-0.15, -0.1) is 0 Å². The van der Waals surface area contributed by atoms with Crippen molar-refractivity contribution in [2.75, 3.05) is 13.2 Å². The maximum Gasteiger partial charge on any atom is 0.313 e. The van der Waals surface area contributed by atoms with Gasteiger partial charge < -0.3 is 10.5 Å². The summed E-state index contributed by atoms with van der Waals surface area (Å²) in [6, 6.07) is 0. The smallest absolute Gasteiger partial charge is 0.313 e. The summed E-state index contributed by atoms with van der Waals surface area (Å²) in [6.45, 7) is 4.76. The number of carbonyl (C=O) groups is 1. The Labute approximate surface area is 111 Å². The number of ether oxygens (including phenoxy) is 1. The fourth-order valence-electron chi connectivity index (χ4n) is 2.99. The second kappa shape index (κ2) is 7.78. The van der Waals surface area contributed by atoms with Gasteiger partial charge in [0.2, 0.25) is 0 Å². The molecule has 0 radical (unpaired) electrons. The van der Waals surface area contributed by atoms with Crippen molar-refractivity contribution < 1.29 is 9.53 Å². The minimum Gasteiger partial charge on any atom is -0.466 e. The van der Waals surface area contributed by atoms with Crippen molar-refractivity contribution >= 4 is 5.97 Å². The summed E-state index contributed by atoms with van der Waals surface area (Å²) in [6.07, 6.45) is 9.55. The molecule has 2 N–H and O–H groups in total. The van der Waals surface area contributed by atoms with Crippen LogP contribution in [0.15, 0.2) is 0 Å². The van der Waals surface area contributed by atoms with Crippen LogP contribution in [0.5, 0.6) is 0 Å². The molecule has 1 rings (SSSR count). The molecule has 0 aromatic carbocycles. The maximum atomic E-state index is 12.1. The van der Waals surface area contributed by atoms with Crippen LogP contribution in [0.25, 0.3) is 0 Å². The van der Waals surface area contributed by atoms with E-state index < -0.39 is 5.41 Å². The van der Waals surface area contributed by atoms with Crippen molar-refractivity contribution in [1.82, 2.24) is 0 Å². The van der Waals surface area contributed by atoms with E-state index in [1.165, 1.54) is 32.1 Å². The molecule has 3 heteroatoms. The lowest BCUT2D eigenvalue weighted by Gasteiger charge is -2.31. The minimum atomic E-state index is -0.437. The monoisotopic (exact) mass is 255 g/mol. The summed E-state index contributed by atoms with van der Waals surface area (Å²) < 4.78 is 5.21. The fourth-order valence-corrected chi connectivity index (χ4v) is 2.99. The molecule has 0 bridgehead atoms. The molecule has 1 unspecified atom stereocenters. The maximum absolute atomic E-state index is 12.1. The van der Waals surface area contributed by atoms with Crippen LogP contribution < -0.4 is 5.73 Å². The number of hydrogen-bond donors (Lipinski definition) is 1. The van der Waals surface area contributed by atoms with E-state index in [2.05, 4.69) is 0 Å². The second-order valence-electron chi connectivity index (χ2n) is 5.60. The Morgan fingerprint density at radius 2 is 1.94 bits per heavy atom. The third-order valence-electron chi connectivity index (χ3n) is 4.53. The second-order valence-corrected chi connectivity index (χ2v) is 5.60. The summed E-state index contributed by atoms with van der Waals surface area (Å²) in [5, 5.41) is 0. The van der Waals surface area contributed by atoms with Gasteiger partial charge in [0.15, 0.2) is 0 Å². The van der Waals surface area contributed by atoms with Gasteiger partial charge in [-0.1, -0.05) is 39.0 Å². The molecule has 1 atom stereocenters. The van der Waals surface area contributed by atoms with Crippen molar-refractivity contribution in [1.29, 1.82) is 0 Å². The molecule has 0 heterocycles. The predicted octanol–water partition coefficient (Wildman–Crippen LogP) is 3.27. The Morgan fingerprint density at radius 3 is 2.44 bits per heavy atom. The standard InChI is InChI=1S/C15H29NO2/c1-3-15(12-16,14(17)18-4-2)11-10-13-8-6-5-7-9-13/h13H,3-12,16H2,1-2H3. The summed E-state index contributed by atoms with van der Waals surface area (Å²) in [7, 11) is 0. The lowest BCUT2D eigenvalue weighted by molar-refractivity contribution is -0.155. The fraction of sp³-hybridized carbons (Fsp3) is 0.933. The summed E-state index contributed by atoms with van der Waals surface area (Å²) in [5.74, 6) is 0.705. The largest absolute Gasteiger partial charge is 0.466 e. The van der Waals surface area contributed by atoms with Gasteiger partial charge in [-0.3, -0.25) is 4.79 Å². The molecule has 18 heavy (non-hydrogen) atoms. The molecule has 0 amide bonds. The van der Waals surface area contributed by atoms with Gasteiger partial charge >= 0.3 is 5.97 Å². The topological polar surface area (TPSA) is 52.3 Å². The third-order valence-corrected chi connectivity index (χ3v) is 4.53. The van der Waals surface area contributed by atoms with E-state index in [9.17, 15) is 4.79 Å². The minimum absolute atomic E-state index is 0.0918. The first-order chi connectivity index (χ1) is 8.68. The Bertz CT molecular complexity index is 243. The molecule has 0 aromatic rings. The highest BCUT2D eigenvalue weighted by Crippen LogP contribution is 2.35. The van der Waals surface area contributed by atoms with Crippen LogP contribution in [-0.4, -0.2) is 19.1 Å². The summed E-state index contributed by atoms with van der Waals surface area (Å²) in [4.78, 5) is 12.1. The van der Waals surface area contributed by atoms with Crippen molar-refractivity contribution in [3.05, 3.63) is 0 Å². The lowest BCUT2D eigenvalue weighted by atomic mass is 9.76. The van der Waals surface area contributed by atoms with Crippen LogP contribution in [0.4, 0.5) is 0 Å². The van der Waals surface area contributed by atoms with Crippen LogP contribution in [0, 0.1) is 11.3 Å². The van der Waals surface area contributed by atoms with Crippen LogP contribution in [-0.2, 0) is 9.53 Å². The first kappa shape index (κ1) is 15.5. The molecular formula is C15H29NO2. The molecule has 106 valence electrons. The third kappa shape index (κ3) is 3.98. The van der Waals surface area contributed by atoms with E-state index >= 15 is 0 Å². The number of hydrogen-bond acceptors (Lipinski definition) is 3. The van der Waals surface area contributed by atoms with E-state index in [0.29, 0.717) is 13.2 Å². The highest BCUT2D eigenvalue weighted by atomic mass is 16.5. The van der Waals surface area contributed by atoms with E-state index in [1.54, 1.807) is 0 Å². The number of carbonyl (C=O) groups excluding carboxylic acids is 1. The molecule has 0 spiro atoms. The van der Waals surface area contributed by atoms with Gasteiger partial charge in [-0.25, -0.2) is 0 Å². The van der Waals surface area contributed by atoms with Crippen LogP contribution in [0.2, 0.25) is 0 Å². The Balaban J connectivity index is 2.52. The Hall–Kier alpha value is -0.570. The Kier molecular flexibility index (Phi) is 6.69. The average Bonchev–Trinajstić information content (AvgIpc) is 2.42. The van der Waals surface area contributed by atoms with Gasteiger partial charge in [0.25, 0.3) is 0 Å². The molecule has 0 saturated heterocycles. The van der Waals surface area contributed by atoms with Gasteiger partial charge in [-0.05, 0) is 32.1 Å². The van der Waals surface area contributed by atoms with Gasteiger partial charge in [0.1, 0.15) is 0 Å². The SMILES string of the molecule is CCOC(=O)C(CC)(CN)CCC1CCCCC1. The summed E-state index contributed by atoms with van der Waals surface area (Å²) in [5.41, 5.74) is 5.43. The average molecular weight is 255 g/mol. The van der Waals surface area contributed by atoms with Crippen LogP contribution >= 0.6 is 0 Å². The predicted molar refractivity (Wildman–Crippen MR) is 74.2 cm³/mol. The van der Waals surface area contributed by atoms with E-state index in [1.807, 2.05) is 13.8 Å². The number of nitrogens with two attached hydrogens (primary N) is 1. The first-order valence-electron chi connectivity index (χ1n) is 7.55. The quantitative estimate of drug-likeness (QED) is 0.710. The zero-order chi connectivity index (χ0) is 13.4. The first-order valence-corrected chi connectivity index (χ1v) is 7.55. The van der Waals surface area contributed by atoms with Crippen molar-refractivity contribution in [3.8, 4) is 0 Å². The van der Waals surface area contributed by atoms with Crippen molar-refractivity contribution in [3.63, 3.8) is 0 Å². The van der Waals surface area contributed by atoms with Crippen molar-refractivity contribution in [2.24, 2.45) is 17.1 Å². The van der Waals surface area contributed by atoms with E-state index in [-0.39, 0.29) is 5.97 Å². The summed E-state index contributed by atoms with van der Waals surface area (Å²) >= 11 is 0. The zero-order valence-corrected chi connectivity index (χ0v) is 12.0. The normalized spacial score (nSPS) is 20.4. The zero-order valence-electron chi connectivity index (χ0n) is 12.0. The highest BCUT2D eigenvalue weighted by molar-refractivity contribution is 5.77. The van der Waals surface area contributed by atoms with Crippen LogP contribution in [0.3, 0.4) is 0 Å². The van der Waals surface area contributed by atoms with E-state index in [0.717, 1.165) is 25.2 Å². The molecule has 3 nitrogen and oxygen atoms in total. The molecule has 0 aromatic heterocycles. The molecule has 1 fully saturated rings. The number of rotatable bonds is 7. The number of esters is 1. The molecule has 1 aliphatic carbocycles. The molecular weight excluding hydrogens is 226 g/mol.